The van der Waals surface area contributed by atoms with Gasteiger partial charge in [0, 0.05) is 37.9 Å². The zero-order valence-corrected chi connectivity index (χ0v) is 13.3. The average molecular weight is 308 g/mol. The summed E-state index contributed by atoms with van der Waals surface area (Å²) in [6.07, 6.45) is 5.81. The van der Waals surface area contributed by atoms with Gasteiger partial charge < -0.3 is 9.47 Å². The van der Waals surface area contributed by atoms with Crippen LogP contribution < -0.4 is 0 Å². The highest BCUT2D eigenvalue weighted by Crippen LogP contribution is 2.27. The zero-order chi connectivity index (χ0) is 16.2. The van der Waals surface area contributed by atoms with Gasteiger partial charge in [-0.2, -0.15) is 5.26 Å². The molecular formula is C18H20N4O. The summed E-state index contributed by atoms with van der Waals surface area (Å²) in [6.45, 7) is 4.38. The number of likely N-dealkylation sites (tertiary alicyclic amines) is 1. The normalized spacial score (nSPS) is 17.7. The summed E-state index contributed by atoms with van der Waals surface area (Å²) >= 11 is 0. The number of carbonyl (C=O) groups is 1. The quantitative estimate of drug-likeness (QED) is 0.876. The molecule has 0 aliphatic carbocycles. The molecule has 0 unspecified atom stereocenters. The SMILES string of the molecule is CCn1ccnc1[C@H]1CCCN(C(=O)c2ccccc2C#N)C1. The topological polar surface area (TPSA) is 61.9 Å². The minimum absolute atomic E-state index is 0.0542. The van der Waals surface area contributed by atoms with Crippen LogP contribution in [-0.2, 0) is 6.54 Å². The summed E-state index contributed by atoms with van der Waals surface area (Å²) < 4.78 is 2.14. The molecule has 1 fully saturated rings. The van der Waals surface area contributed by atoms with Crippen LogP contribution in [0.4, 0.5) is 0 Å². The summed E-state index contributed by atoms with van der Waals surface area (Å²) in [5, 5.41) is 9.20. The first-order valence-corrected chi connectivity index (χ1v) is 8.04. The Morgan fingerprint density at radius 1 is 1.43 bits per heavy atom. The van der Waals surface area contributed by atoms with Gasteiger partial charge >= 0.3 is 0 Å². The molecule has 1 aliphatic heterocycles. The summed E-state index contributed by atoms with van der Waals surface area (Å²) in [5.41, 5.74) is 0.934. The van der Waals surface area contributed by atoms with Gasteiger partial charge in [-0.15, -0.1) is 0 Å². The third-order valence-corrected chi connectivity index (χ3v) is 4.44. The van der Waals surface area contributed by atoms with Crippen molar-refractivity contribution in [2.24, 2.45) is 0 Å². The van der Waals surface area contributed by atoms with E-state index in [1.165, 1.54) is 0 Å². The van der Waals surface area contributed by atoms with E-state index in [-0.39, 0.29) is 11.8 Å². The van der Waals surface area contributed by atoms with Crippen LogP contribution in [0.15, 0.2) is 36.7 Å². The van der Waals surface area contributed by atoms with Gasteiger partial charge in [-0.3, -0.25) is 4.79 Å². The Bertz CT molecular complexity index is 743. The number of carbonyl (C=O) groups excluding carboxylic acids is 1. The predicted molar refractivity (Wildman–Crippen MR) is 86.9 cm³/mol. The van der Waals surface area contributed by atoms with Crippen LogP contribution >= 0.6 is 0 Å². The largest absolute Gasteiger partial charge is 0.338 e. The summed E-state index contributed by atoms with van der Waals surface area (Å²) in [4.78, 5) is 19.1. The number of aryl methyl sites for hydroxylation is 1. The Morgan fingerprint density at radius 2 is 2.26 bits per heavy atom. The minimum Gasteiger partial charge on any atom is -0.338 e. The Morgan fingerprint density at radius 3 is 3.04 bits per heavy atom. The Hall–Kier alpha value is -2.61. The molecule has 5 heteroatoms. The first kappa shape index (κ1) is 15.3. The van der Waals surface area contributed by atoms with Crippen LogP contribution in [0.1, 0.15) is 47.4 Å². The smallest absolute Gasteiger partial charge is 0.255 e. The van der Waals surface area contributed by atoms with Crippen molar-refractivity contribution in [3.05, 3.63) is 53.6 Å². The van der Waals surface area contributed by atoms with Crippen molar-refractivity contribution in [2.45, 2.75) is 32.2 Å². The molecule has 1 atom stereocenters. The van der Waals surface area contributed by atoms with E-state index in [0.717, 1.165) is 31.8 Å². The van der Waals surface area contributed by atoms with E-state index in [1.54, 1.807) is 24.3 Å². The molecule has 1 aromatic carbocycles. The van der Waals surface area contributed by atoms with Crippen molar-refractivity contribution in [1.82, 2.24) is 14.5 Å². The number of benzene rings is 1. The van der Waals surface area contributed by atoms with Crippen molar-refractivity contribution < 1.29 is 4.79 Å². The lowest BCUT2D eigenvalue weighted by molar-refractivity contribution is 0.0703. The molecule has 2 aromatic rings. The van der Waals surface area contributed by atoms with Gasteiger partial charge in [0.15, 0.2) is 0 Å². The molecule has 1 saturated heterocycles. The molecule has 1 amide bonds. The highest BCUT2D eigenvalue weighted by atomic mass is 16.2. The van der Waals surface area contributed by atoms with E-state index in [2.05, 4.69) is 22.5 Å². The molecule has 2 heterocycles. The van der Waals surface area contributed by atoms with E-state index < -0.39 is 0 Å². The van der Waals surface area contributed by atoms with Gasteiger partial charge in [0.1, 0.15) is 5.82 Å². The Labute approximate surface area is 136 Å². The molecule has 5 nitrogen and oxygen atoms in total. The molecule has 0 radical (unpaired) electrons. The lowest BCUT2D eigenvalue weighted by atomic mass is 9.96. The van der Waals surface area contributed by atoms with Gasteiger partial charge in [-0.1, -0.05) is 12.1 Å². The molecule has 1 aromatic heterocycles. The van der Waals surface area contributed by atoms with Gasteiger partial charge in [-0.25, -0.2) is 4.98 Å². The minimum atomic E-state index is -0.0542. The molecule has 0 N–H and O–H groups in total. The lowest BCUT2D eigenvalue weighted by Crippen LogP contribution is -2.40. The van der Waals surface area contributed by atoms with Crippen molar-refractivity contribution >= 4 is 5.91 Å². The fourth-order valence-electron chi connectivity index (χ4n) is 3.26. The van der Waals surface area contributed by atoms with Crippen LogP contribution in [0.5, 0.6) is 0 Å². The number of hydrogen-bond donors (Lipinski definition) is 0. The number of rotatable bonds is 3. The highest BCUT2D eigenvalue weighted by Gasteiger charge is 2.28. The molecule has 118 valence electrons. The number of nitriles is 1. The average Bonchev–Trinajstić information content (AvgIpc) is 3.10. The summed E-state index contributed by atoms with van der Waals surface area (Å²) in [6, 6.07) is 9.12. The number of nitrogens with zero attached hydrogens (tertiary/aromatic N) is 4. The van der Waals surface area contributed by atoms with E-state index in [4.69, 9.17) is 0 Å². The van der Waals surface area contributed by atoms with Crippen LogP contribution in [-0.4, -0.2) is 33.4 Å². The Kier molecular flexibility index (Phi) is 4.42. The van der Waals surface area contributed by atoms with Gasteiger partial charge in [0.2, 0.25) is 0 Å². The van der Waals surface area contributed by atoms with Crippen molar-refractivity contribution in [3.63, 3.8) is 0 Å². The molecule has 0 saturated carbocycles. The molecular weight excluding hydrogens is 288 g/mol. The second-order valence-electron chi connectivity index (χ2n) is 5.82. The second-order valence-corrected chi connectivity index (χ2v) is 5.82. The van der Waals surface area contributed by atoms with E-state index in [9.17, 15) is 10.1 Å². The van der Waals surface area contributed by atoms with Gasteiger partial charge in [0.25, 0.3) is 5.91 Å². The van der Waals surface area contributed by atoms with E-state index in [0.29, 0.717) is 17.7 Å². The zero-order valence-electron chi connectivity index (χ0n) is 13.3. The van der Waals surface area contributed by atoms with Gasteiger partial charge in [0.05, 0.1) is 17.2 Å². The number of aromatic nitrogens is 2. The number of piperidine rings is 1. The summed E-state index contributed by atoms with van der Waals surface area (Å²) in [7, 11) is 0. The van der Waals surface area contributed by atoms with Crippen LogP contribution in [0, 0.1) is 11.3 Å². The molecule has 23 heavy (non-hydrogen) atoms. The third-order valence-electron chi connectivity index (χ3n) is 4.44. The maximum Gasteiger partial charge on any atom is 0.255 e. The number of imidazole rings is 1. The van der Waals surface area contributed by atoms with Crippen LogP contribution in [0.25, 0.3) is 0 Å². The monoisotopic (exact) mass is 308 g/mol. The van der Waals surface area contributed by atoms with E-state index in [1.807, 2.05) is 17.3 Å². The standard InChI is InChI=1S/C18H20N4O/c1-2-21-11-9-20-17(21)15-7-5-10-22(13-15)18(23)16-8-4-3-6-14(16)12-19/h3-4,6,8-9,11,15H,2,5,7,10,13H2,1H3/t15-/m0/s1. The molecule has 0 spiro atoms. The van der Waals surface area contributed by atoms with Gasteiger partial charge in [-0.05, 0) is 31.9 Å². The first-order chi connectivity index (χ1) is 11.2. The van der Waals surface area contributed by atoms with Crippen molar-refractivity contribution in [1.29, 1.82) is 5.26 Å². The number of hydrogen-bond acceptors (Lipinski definition) is 3. The highest BCUT2D eigenvalue weighted by molar-refractivity contribution is 5.96. The second kappa shape index (κ2) is 6.66. The van der Waals surface area contributed by atoms with Crippen molar-refractivity contribution in [2.75, 3.05) is 13.1 Å². The maximum atomic E-state index is 12.8. The van der Waals surface area contributed by atoms with Crippen molar-refractivity contribution in [3.8, 4) is 6.07 Å². The third kappa shape index (κ3) is 2.98. The fourth-order valence-corrected chi connectivity index (χ4v) is 3.26. The fraction of sp³-hybridized carbons (Fsp3) is 0.389. The Balaban J connectivity index is 1.81. The van der Waals surface area contributed by atoms with Crippen LogP contribution in [0.2, 0.25) is 0 Å². The predicted octanol–water partition coefficient (Wildman–Crippen LogP) is 2.79. The first-order valence-electron chi connectivity index (χ1n) is 8.04. The number of amides is 1. The molecule has 1 aliphatic rings. The summed E-state index contributed by atoms with van der Waals surface area (Å²) in [5.74, 6) is 1.26. The maximum absolute atomic E-state index is 12.8. The lowest BCUT2D eigenvalue weighted by Gasteiger charge is -2.33. The molecule has 3 rings (SSSR count). The van der Waals surface area contributed by atoms with Crippen LogP contribution in [0.3, 0.4) is 0 Å². The molecule has 0 bridgehead atoms. The van der Waals surface area contributed by atoms with E-state index >= 15 is 0 Å².